The molecule has 1 aliphatic heterocycles. The Hall–Kier alpha value is -1.86. The van der Waals surface area contributed by atoms with E-state index in [-0.39, 0.29) is 17.1 Å². The molecular weight excluding hydrogens is 613 g/mol. The van der Waals surface area contributed by atoms with E-state index in [1.807, 2.05) is 0 Å². The second kappa shape index (κ2) is 21.2. The van der Waals surface area contributed by atoms with Crippen LogP contribution < -0.4 is 11.3 Å². The third kappa shape index (κ3) is 13.3. The number of fused-ring (bicyclic) bond motifs is 1. The van der Waals surface area contributed by atoms with Gasteiger partial charge in [0.05, 0.1) is 12.9 Å². The van der Waals surface area contributed by atoms with E-state index in [9.17, 15) is 24.3 Å². The van der Waals surface area contributed by atoms with Gasteiger partial charge in [0.25, 0.3) is 5.56 Å². The molecule has 3 heterocycles. The summed E-state index contributed by atoms with van der Waals surface area (Å²) in [6.45, 7) is 2.00. The lowest BCUT2D eigenvalue weighted by Crippen LogP contribution is -2.37. The molecule has 13 nitrogen and oxygen atoms in total. The molecule has 0 unspecified atom stereocenters. The molecule has 14 heteroatoms. The number of hydrogen-bond acceptors (Lipinski definition) is 9. The quantitative estimate of drug-likeness (QED) is 0.0558. The van der Waals surface area contributed by atoms with Gasteiger partial charge in [-0.1, -0.05) is 129 Å². The van der Waals surface area contributed by atoms with Crippen LogP contribution in [0.5, 0.6) is 0 Å². The largest absolute Gasteiger partial charge is 0.470 e. The number of nitrogens with zero attached hydrogens (tertiary/aromatic N) is 3. The Kier molecular flexibility index (Phi) is 17.8. The van der Waals surface area contributed by atoms with Crippen molar-refractivity contribution in [2.45, 2.75) is 160 Å². The minimum absolute atomic E-state index is 0.0190. The molecule has 264 valence electrons. The van der Waals surface area contributed by atoms with Crippen molar-refractivity contribution in [2.75, 3.05) is 18.9 Å². The normalized spacial score (nSPS) is 20.3. The average molecular weight is 672 g/mol. The van der Waals surface area contributed by atoms with E-state index in [4.69, 9.17) is 19.7 Å². The molecule has 0 saturated carbocycles. The summed E-state index contributed by atoms with van der Waals surface area (Å²) >= 11 is 0. The SMILES string of the molecule is CCCCCCCCCCCCCCCCCCCCCCO[C@@H]1[C@H](OP(=O)(O)O)[C@@H](CO)O[C@H]1n1cnc2c(=O)[nH]c(N)nc21. The predicted molar refractivity (Wildman–Crippen MR) is 178 cm³/mol. The van der Waals surface area contributed by atoms with Crippen LogP contribution in [0.15, 0.2) is 11.1 Å². The fourth-order valence-corrected chi connectivity index (χ4v) is 6.82. The van der Waals surface area contributed by atoms with Gasteiger partial charge in [-0.2, -0.15) is 4.98 Å². The van der Waals surface area contributed by atoms with Gasteiger partial charge in [-0.3, -0.25) is 18.9 Å². The molecule has 2 aromatic rings. The molecule has 0 radical (unpaired) electrons. The molecule has 0 amide bonds. The maximum atomic E-state index is 12.3. The molecule has 1 aliphatic rings. The predicted octanol–water partition coefficient (Wildman–Crippen LogP) is 6.28. The van der Waals surface area contributed by atoms with E-state index < -0.39 is 44.5 Å². The van der Waals surface area contributed by atoms with Crippen LogP contribution in [0.4, 0.5) is 5.95 Å². The molecule has 1 fully saturated rings. The second-order valence-electron chi connectivity index (χ2n) is 12.6. The number of rotatable bonds is 26. The number of ether oxygens (including phenoxy) is 2. The highest BCUT2D eigenvalue weighted by Gasteiger charge is 2.50. The molecule has 0 spiro atoms. The number of nitrogens with two attached hydrogens (primary N) is 1. The van der Waals surface area contributed by atoms with Gasteiger partial charge in [0.1, 0.15) is 18.3 Å². The molecule has 3 rings (SSSR count). The summed E-state index contributed by atoms with van der Waals surface area (Å²) in [5, 5.41) is 9.89. The summed E-state index contributed by atoms with van der Waals surface area (Å²) in [6, 6.07) is 0. The van der Waals surface area contributed by atoms with Crippen LogP contribution in [0, 0.1) is 0 Å². The highest BCUT2D eigenvalue weighted by atomic mass is 31.2. The number of unbranched alkanes of at least 4 members (excludes halogenated alkanes) is 19. The Morgan fingerprint density at radius 1 is 0.870 bits per heavy atom. The van der Waals surface area contributed by atoms with Gasteiger partial charge in [0.2, 0.25) is 5.95 Å². The summed E-state index contributed by atoms with van der Waals surface area (Å²) in [4.78, 5) is 41.9. The summed E-state index contributed by atoms with van der Waals surface area (Å²) in [5.41, 5.74) is 5.32. The standard InChI is InChI=1S/C32H58N5O8P/c1-2-3-4-5-6-7-8-9-10-11-12-13-14-15-16-17-18-19-20-21-22-43-28-27(45-46(40,41)42)25(23-38)44-31(28)37-24-34-26-29(37)35-32(33)36-30(26)39/h24-25,27-28,31,38H,2-23H2,1H3,(H2,40,41,42)(H3,33,35,36,39)/t25-,27-,28-,31-/m1/s1. The zero-order valence-corrected chi connectivity index (χ0v) is 28.6. The summed E-state index contributed by atoms with van der Waals surface area (Å²) in [6.07, 6.45) is 22.6. The van der Waals surface area contributed by atoms with Gasteiger partial charge in [-0.25, -0.2) is 9.55 Å². The number of nitrogens with one attached hydrogen (secondary N) is 1. The van der Waals surface area contributed by atoms with Crippen molar-refractivity contribution >= 4 is 24.9 Å². The zero-order valence-electron chi connectivity index (χ0n) is 27.7. The van der Waals surface area contributed by atoms with Crippen molar-refractivity contribution in [1.82, 2.24) is 19.5 Å². The highest BCUT2D eigenvalue weighted by molar-refractivity contribution is 7.46. The number of aromatic nitrogens is 4. The van der Waals surface area contributed by atoms with Crippen molar-refractivity contribution in [3.05, 3.63) is 16.7 Å². The highest BCUT2D eigenvalue weighted by Crippen LogP contribution is 2.45. The molecular formula is C32H58N5O8P. The fourth-order valence-electron chi connectivity index (χ4n) is 6.25. The summed E-state index contributed by atoms with van der Waals surface area (Å²) in [7, 11) is -4.94. The summed E-state index contributed by atoms with van der Waals surface area (Å²) in [5.74, 6) is -0.124. The maximum Gasteiger partial charge on any atom is 0.470 e. The van der Waals surface area contributed by atoms with Crippen molar-refractivity contribution in [3.63, 3.8) is 0 Å². The van der Waals surface area contributed by atoms with Crippen LogP contribution in [0.2, 0.25) is 0 Å². The van der Waals surface area contributed by atoms with E-state index >= 15 is 0 Å². The molecule has 0 aliphatic carbocycles. The van der Waals surface area contributed by atoms with Gasteiger partial charge in [-0.05, 0) is 6.42 Å². The van der Waals surface area contributed by atoms with Crippen molar-refractivity contribution < 1.29 is 33.5 Å². The van der Waals surface area contributed by atoms with Crippen LogP contribution in [-0.2, 0) is 18.6 Å². The molecule has 0 bridgehead atoms. The van der Waals surface area contributed by atoms with E-state index in [1.165, 1.54) is 114 Å². The minimum atomic E-state index is -4.94. The molecule has 6 N–H and O–H groups in total. The van der Waals surface area contributed by atoms with E-state index in [2.05, 4.69) is 21.9 Å². The smallest absolute Gasteiger partial charge is 0.394 e. The second-order valence-corrected chi connectivity index (χ2v) is 13.8. The lowest BCUT2D eigenvalue weighted by molar-refractivity contribution is -0.0709. The van der Waals surface area contributed by atoms with E-state index in [0.29, 0.717) is 6.61 Å². The number of nitrogen functional groups attached to an aromatic ring is 1. The molecule has 46 heavy (non-hydrogen) atoms. The van der Waals surface area contributed by atoms with Crippen LogP contribution in [0.1, 0.15) is 142 Å². The zero-order chi connectivity index (χ0) is 33.2. The average Bonchev–Trinajstić information content (AvgIpc) is 3.58. The number of anilines is 1. The van der Waals surface area contributed by atoms with Crippen LogP contribution in [0.3, 0.4) is 0 Å². The first-order valence-electron chi connectivity index (χ1n) is 17.6. The lowest BCUT2D eigenvalue weighted by atomic mass is 10.0. The topological polar surface area (TPSA) is 195 Å². The fraction of sp³-hybridized carbons (Fsp3) is 0.844. The van der Waals surface area contributed by atoms with Gasteiger partial charge in [0, 0.05) is 6.61 Å². The summed E-state index contributed by atoms with van der Waals surface area (Å²) < 4.78 is 30.1. The van der Waals surface area contributed by atoms with Crippen molar-refractivity contribution in [3.8, 4) is 0 Å². The van der Waals surface area contributed by atoms with Crippen LogP contribution in [0.25, 0.3) is 11.2 Å². The number of phosphoric acid groups is 1. The first-order valence-corrected chi connectivity index (χ1v) is 19.1. The number of aliphatic hydroxyl groups is 1. The molecule has 4 atom stereocenters. The van der Waals surface area contributed by atoms with Gasteiger partial charge in [-0.15, -0.1) is 0 Å². The van der Waals surface area contributed by atoms with Gasteiger partial charge < -0.3 is 30.1 Å². The first-order chi connectivity index (χ1) is 22.2. The van der Waals surface area contributed by atoms with Crippen LogP contribution in [-0.4, -0.2) is 65.9 Å². The Labute approximate surface area is 273 Å². The molecule has 0 aromatic carbocycles. The molecule has 1 saturated heterocycles. The maximum absolute atomic E-state index is 12.3. The third-order valence-electron chi connectivity index (χ3n) is 8.76. The van der Waals surface area contributed by atoms with Crippen LogP contribution >= 0.6 is 7.82 Å². The number of H-pyrrole nitrogens is 1. The van der Waals surface area contributed by atoms with Crippen molar-refractivity contribution in [1.29, 1.82) is 0 Å². The monoisotopic (exact) mass is 671 g/mol. The van der Waals surface area contributed by atoms with E-state index in [1.54, 1.807) is 0 Å². The number of imidazole rings is 1. The Bertz CT molecular complexity index is 1220. The minimum Gasteiger partial charge on any atom is -0.394 e. The first kappa shape index (κ1) is 38.6. The Balaban J connectivity index is 1.30. The lowest BCUT2D eigenvalue weighted by Gasteiger charge is -2.25. The number of aliphatic hydroxyl groups excluding tert-OH is 1. The molecule has 2 aromatic heterocycles. The van der Waals surface area contributed by atoms with Gasteiger partial charge in [0.15, 0.2) is 17.4 Å². The Morgan fingerprint density at radius 2 is 1.37 bits per heavy atom. The number of hydrogen-bond donors (Lipinski definition) is 5. The van der Waals surface area contributed by atoms with Crippen molar-refractivity contribution in [2.24, 2.45) is 0 Å². The number of aromatic amines is 1. The Morgan fingerprint density at radius 3 is 1.85 bits per heavy atom. The van der Waals surface area contributed by atoms with Gasteiger partial charge >= 0.3 is 7.82 Å². The number of phosphoric ester groups is 1. The van der Waals surface area contributed by atoms with E-state index in [0.717, 1.165) is 25.7 Å². The third-order valence-corrected chi connectivity index (χ3v) is 9.28.